The molecule has 0 spiro atoms. The molecule has 0 aliphatic heterocycles. The monoisotopic (exact) mass is 317 g/mol. The Morgan fingerprint density at radius 2 is 2.09 bits per heavy atom. The number of aromatic nitrogens is 1. The van der Waals surface area contributed by atoms with Crippen LogP contribution < -0.4 is 10.1 Å². The van der Waals surface area contributed by atoms with E-state index >= 15 is 0 Å². The van der Waals surface area contributed by atoms with Gasteiger partial charge in [-0.15, -0.1) is 0 Å². The Morgan fingerprint density at radius 3 is 2.78 bits per heavy atom. The Hall–Kier alpha value is -2.50. The maximum Gasteiger partial charge on any atom is 0.317 e. The third-order valence-electron chi connectivity index (χ3n) is 3.62. The standard InChI is InChI=1S/C17H23N3O3/c1-4-20(5-2)17(21)18-10-9-14-12-16(23-19-14)13-7-6-8-15(11-13)22-3/h6-8,11-12H,4-5,9-10H2,1-3H3,(H,18,21). The van der Waals surface area contributed by atoms with Crippen molar-refractivity contribution in [3.63, 3.8) is 0 Å². The van der Waals surface area contributed by atoms with Crippen LogP contribution in [0.3, 0.4) is 0 Å². The van der Waals surface area contributed by atoms with E-state index in [2.05, 4.69) is 10.5 Å². The molecule has 0 radical (unpaired) electrons. The smallest absolute Gasteiger partial charge is 0.317 e. The van der Waals surface area contributed by atoms with Gasteiger partial charge in [0.15, 0.2) is 5.76 Å². The van der Waals surface area contributed by atoms with Gasteiger partial charge in [-0.2, -0.15) is 0 Å². The van der Waals surface area contributed by atoms with Gasteiger partial charge in [0, 0.05) is 37.7 Å². The fraction of sp³-hybridized carbons (Fsp3) is 0.412. The summed E-state index contributed by atoms with van der Waals surface area (Å²) in [6.45, 7) is 5.85. The molecule has 1 aromatic heterocycles. The molecule has 2 amide bonds. The molecule has 1 N–H and O–H groups in total. The number of amides is 2. The summed E-state index contributed by atoms with van der Waals surface area (Å²) < 4.78 is 10.6. The lowest BCUT2D eigenvalue weighted by Crippen LogP contribution is -2.40. The molecule has 0 aliphatic carbocycles. The molecule has 0 saturated heterocycles. The Balaban J connectivity index is 1.91. The summed E-state index contributed by atoms with van der Waals surface area (Å²) in [7, 11) is 1.63. The zero-order valence-electron chi connectivity index (χ0n) is 13.8. The Labute approximate surface area is 136 Å². The summed E-state index contributed by atoms with van der Waals surface area (Å²) in [5.74, 6) is 1.46. The van der Waals surface area contributed by atoms with Gasteiger partial charge in [-0.1, -0.05) is 17.3 Å². The van der Waals surface area contributed by atoms with Gasteiger partial charge in [0.2, 0.25) is 0 Å². The maximum atomic E-state index is 11.8. The minimum absolute atomic E-state index is 0.0495. The van der Waals surface area contributed by atoms with Crippen molar-refractivity contribution >= 4 is 6.03 Å². The topological polar surface area (TPSA) is 67.6 Å². The summed E-state index contributed by atoms with van der Waals surface area (Å²) in [4.78, 5) is 13.6. The molecule has 0 atom stereocenters. The highest BCUT2D eigenvalue weighted by Gasteiger charge is 2.10. The van der Waals surface area contributed by atoms with Crippen molar-refractivity contribution < 1.29 is 14.1 Å². The van der Waals surface area contributed by atoms with Crippen molar-refractivity contribution in [1.82, 2.24) is 15.4 Å². The predicted octanol–water partition coefficient (Wildman–Crippen LogP) is 2.94. The van der Waals surface area contributed by atoms with Gasteiger partial charge < -0.3 is 19.5 Å². The third-order valence-corrected chi connectivity index (χ3v) is 3.62. The van der Waals surface area contributed by atoms with Gasteiger partial charge in [0.1, 0.15) is 5.75 Å². The van der Waals surface area contributed by atoms with Crippen LogP contribution in [0.4, 0.5) is 4.79 Å². The van der Waals surface area contributed by atoms with Crippen molar-refractivity contribution in [3.8, 4) is 17.1 Å². The second kappa shape index (κ2) is 8.22. The van der Waals surface area contributed by atoms with E-state index in [4.69, 9.17) is 9.26 Å². The number of hydrogen-bond donors (Lipinski definition) is 1. The first-order valence-corrected chi connectivity index (χ1v) is 7.80. The van der Waals surface area contributed by atoms with Crippen molar-refractivity contribution in [2.24, 2.45) is 0 Å². The SMILES string of the molecule is CCN(CC)C(=O)NCCc1cc(-c2cccc(OC)c2)on1. The summed E-state index contributed by atoms with van der Waals surface area (Å²) in [5, 5.41) is 6.94. The molecule has 1 aromatic carbocycles. The predicted molar refractivity (Wildman–Crippen MR) is 88.5 cm³/mol. The minimum atomic E-state index is -0.0495. The summed E-state index contributed by atoms with van der Waals surface area (Å²) in [6, 6.07) is 9.45. The van der Waals surface area contributed by atoms with Gasteiger partial charge in [-0.3, -0.25) is 0 Å². The second-order valence-electron chi connectivity index (χ2n) is 5.07. The molecule has 6 heteroatoms. The molecule has 23 heavy (non-hydrogen) atoms. The van der Waals surface area contributed by atoms with Crippen LogP contribution in [0.2, 0.25) is 0 Å². The number of nitrogens with one attached hydrogen (secondary N) is 1. The lowest BCUT2D eigenvalue weighted by molar-refractivity contribution is 0.203. The molecule has 0 aliphatic rings. The van der Waals surface area contributed by atoms with E-state index in [-0.39, 0.29) is 6.03 Å². The van der Waals surface area contributed by atoms with Crippen molar-refractivity contribution in [3.05, 3.63) is 36.0 Å². The summed E-state index contributed by atoms with van der Waals surface area (Å²) in [5.41, 5.74) is 1.72. The molecule has 0 saturated carbocycles. The Morgan fingerprint density at radius 1 is 1.30 bits per heavy atom. The van der Waals surface area contributed by atoms with Crippen molar-refractivity contribution in [1.29, 1.82) is 0 Å². The first kappa shape index (κ1) is 16.9. The number of benzene rings is 1. The molecule has 124 valence electrons. The molecule has 0 fully saturated rings. The quantitative estimate of drug-likeness (QED) is 0.852. The molecule has 0 bridgehead atoms. The molecular formula is C17H23N3O3. The number of urea groups is 1. The third kappa shape index (κ3) is 4.48. The van der Waals surface area contributed by atoms with Crippen molar-refractivity contribution in [2.45, 2.75) is 20.3 Å². The molecule has 2 rings (SSSR count). The average molecular weight is 317 g/mol. The normalized spacial score (nSPS) is 10.4. The van der Waals surface area contributed by atoms with E-state index in [1.807, 2.05) is 44.2 Å². The van der Waals surface area contributed by atoms with Gasteiger partial charge >= 0.3 is 6.03 Å². The zero-order valence-corrected chi connectivity index (χ0v) is 13.8. The van der Waals surface area contributed by atoms with Crippen LogP contribution in [-0.4, -0.2) is 42.8 Å². The van der Waals surface area contributed by atoms with E-state index in [0.717, 1.165) is 17.0 Å². The van der Waals surface area contributed by atoms with Crippen LogP contribution in [0.1, 0.15) is 19.5 Å². The number of methoxy groups -OCH3 is 1. The summed E-state index contributed by atoms with van der Waals surface area (Å²) in [6.07, 6.45) is 0.625. The fourth-order valence-corrected chi connectivity index (χ4v) is 2.26. The molecule has 6 nitrogen and oxygen atoms in total. The van der Waals surface area contributed by atoms with Gasteiger partial charge in [-0.25, -0.2) is 4.79 Å². The van der Waals surface area contributed by atoms with Crippen LogP contribution in [0.15, 0.2) is 34.9 Å². The highest BCUT2D eigenvalue weighted by atomic mass is 16.5. The fourth-order valence-electron chi connectivity index (χ4n) is 2.26. The first-order chi connectivity index (χ1) is 11.2. The van der Waals surface area contributed by atoms with E-state index < -0.39 is 0 Å². The van der Waals surface area contributed by atoms with Crippen molar-refractivity contribution in [2.75, 3.05) is 26.7 Å². The van der Waals surface area contributed by atoms with Crippen LogP contribution in [-0.2, 0) is 6.42 Å². The average Bonchev–Trinajstić information content (AvgIpc) is 3.05. The lowest BCUT2D eigenvalue weighted by atomic mass is 10.1. The van der Waals surface area contributed by atoms with Gasteiger partial charge in [0.25, 0.3) is 0 Å². The van der Waals surface area contributed by atoms with Crippen LogP contribution >= 0.6 is 0 Å². The molecule has 0 unspecified atom stereocenters. The second-order valence-corrected chi connectivity index (χ2v) is 5.07. The molecule has 2 aromatic rings. The van der Waals surface area contributed by atoms with Crippen LogP contribution in [0, 0.1) is 0 Å². The number of rotatable bonds is 7. The largest absolute Gasteiger partial charge is 0.497 e. The lowest BCUT2D eigenvalue weighted by Gasteiger charge is -2.18. The van der Waals surface area contributed by atoms with E-state index in [9.17, 15) is 4.79 Å². The number of carbonyl (C=O) groups is 1. The van der Waals surface area contributed by atoms with E-state index in [1.165, 1.54) is 0 Å². The highest BCUT2D eigenvalue weighted by molar-refractivity contribution is 5.74. The Kier molecular flexibility index (Phi) is 6.02. The van der Waals surface area contributed by atoms with Crippen LogP contribution in [0.5, 0.6) is 5.75 Å². The maximum absolute atomic E-state index is 11.8. The summed E-state index contributed by atoms with van der Waals surface area (Å²) >= 11 is 0. The molecular weight excluding hydrogens is 294 g/mol. The highest BCUT2D eigenvalue weighted by Crippen LogP contribution is 2.24. The minimum Gasteiger partial charge on any atom is -0.497 e. The van der Waals surface area contributed by atoms with Crippen LogP contribution in [0.25, 0.3) is 11.3 Å². The number of carbonyl (C=O) groups excluding carboxylic acids is 1. The number of ether oxygens (including phenoxy) is 1. The number of nitrogens with zero attached hydrogens (tertiary/aromatic N) is 2. The first-order valence-electron chi connectivity index (χ1n) is 7.80. The van der Waals surface area contributed by atoms with Gasteiger partial charge in [-0.05, 0) is 26.0 Å². The van der Waals surface area contributed by atoms with E-state index in [0.29, 0.717) is 31.8 Å². The molecule has 1 heterocycles. The Bertz CT molecular complexity index is 636. The van der Waals surface area contributed by atoms with Gasteiger partial charge in [0.05, 0.1) is 12.8 Å². The number of hydrogen-bond acceptors (Lipinski definition) is 4. The zero-order chi connectivity index (χ0) is 16.7. The van der Waals surface area contributed by atoms with E-state index in [1.54, 1.807) is 12.0 Å².